The SMILES string of the molecule is O=C1CC(Nc2ncnc3ccc(C(c4ccc(Cl)cc4)c4ccc(Cl)cc4)cc23)CCN1c1ccccc1. The Kier molecular flexibility index (Phi) is 7.18. The molecule has 0 radical (unpaired) electrons. The molecule has 0 saturated carbocycles. The number of rotatable bonds is 6. The Balaban J connectivity index is 1.32. The molecule has 1 aromatic heterocycles. The van der Waals surface area contributed by atoms with Crippen LogP contribution in [0.5, 0.6) is 0 Å². The molecule has 1 N–H and O–H groups in total. The van der Waals surface area contributed by atoms with Crippen molar-refractivity contribution < 1.29 is 4.79 Å². The number of amides is 1. The molecule has 6 rings (SSSR count). The number of hydrogen-bond acceptors (Lipinski definition) is 4. The van der Waals surface area contributed by atoms with Crippen LogP contribution in [0.1, 0.15) is 35.4 Å². The van der Waals surface area contributed by atoms with E-state index in [9.17, 15) is 4.79 Å². The van der Waals surface area contributed by atoms with E-state index in [2.05, 4.69) is 51.7 Å². The molecular formula is C32H26Cl2N4O. The van der Waals surface area contributed by atoms with Crippen molar-refractivity contribution >= 4 is 51.5 Å². The first-order chi connectivity index (χ1) is 19.0. The lowest BCUT2D eigenvalue weighted by molar-refractivity contribution is -0.119. The summed E-state index contributed by atoms with van der Waals surface area (Å²) in [7, 11) is 0. The van der Waals surface area contributed by atoms with Gasteiger partial charge in [-0.1, -0.05) is 71.7 Å². The topological polar surface area (TPSA) is 58.1 Å². The zero-order chi connectivity index (χ0) is 26.8. The predicted octanol–water partition coefficient (Wildman–Crippen LogP) is 7.72. The minimum Gasteiger partial charge on any atom is -0.366 e. The Morgan fingerprint density at radius 3 is 2.08 bits per heavy atom. The smallest absolute Gasteiger partial charge is 0.229 e. The molecule has 0 bridgehead atoms. The minimum absolute atomic E-state index is 0.0115. The van der Waals surface area contributed by atoms with E-state index in [1.54, 1.807) is 6.33 Å². The number of nitrogens with one attached hydrogen (secondary N) is 1. The van der Waals surface area contributed by atoms with Gasteiger partial charge in [0.1, 0.15) is 12.1 Å². The Morgan fingerprint density at radius 1 is 0.795 bits per heavy atom. The molecule has 7 heteroatoms. The molecule has 1 fully saturated rings. The summed E-state index contributed by atoms with van der Waals surface area (Å²) in [6, 6.07) is 32.0. The number of carbonyl (C=O) groups is 1. The summed E-state index contributed by atoms with van der Waals surface area (Å²) >= 11 is 12.4. The number of aromatic nitrogens is 2. The van der Waals surface area contributed by atoms with Gasteiger partial charge in [-0.3, -0.25) is 4.79 Å². The van der Waals surface area contributed by atoms with Gasteiger partial charge in [0, 0.05) is 46.0 Å². The average Bonchev–Trinajstić information content (AvgIpc) is 2.96. The lowest BCUT2D eigenvalue weighted by Crippen LogP contribution is -2.43. The summed E-state index contributed by atoms with van der Waals surface area (Å²) in [6.45, 7) is 0.657. The van der Waals surface area contributed by atoms with Crippen LogP contribution in [0, 0.1) is 0 Å². The van der Waals surface area contributed by atoms with Gasteiger partial charge in [0.05, 0.1) is 5.52 Å². The molecule has 194 valence electrons. The molecule has 1 amide bonds. The number of benzene rings is 4. The van der Waals surface area contributed by atoms with Gasteiger partial charge in [0.15, 0.2) is 0 Å². The number of carbonyl (C=O) groups excluding carboxylic acids is 1. The van der Waals surface area contributed by atoms with Crippen LogP contribution in [0.4, 0.5) is 11.5 Å². The van der Waals surface area contributed by atoms with Gasteiger partial charge in [-0.25, -0.2) is 9.97 Å². The third-order valence-corrected chi connectivity index (χ3v) is 7.74. The lowest BCUT2D eigenvalue weighted by Gasteiger charge is -2.32. The highest BCUT2D eigenvalue weighted by atomic mass is 35.5. The van der Waals surface area contributed by atoms with E-state index < -0.39 is 0 Å². The molecular weight excluding hydrogens is 527 g/mol. The van der Waals surface area contributed by atoms with Crippen molar-refractivity contribution in [2.45, 2.75) is 24.8 Å². The largest absolute Gasteiger partial charge is 0.366 e. The normalized spacial score (nSPS) is 15.6. The number of piperidine rings is 1. The second kappa shape index (κ2) is 11.0. The van der Waals surface area contributed by atoms with Gasteiger partial charge >= 0.3 is 0 Å². The summed E-state index contributed by atoms with van der Waals surface area (Å²) < 4.78 is 0. The monoisotopic (exact) mass is 552 g/mol. The van der Waals surface area contributed by atoms with Gasteiger partial charge in [0.25, 0.3) is 0 Å². The molecule has 2 heterocycles. The molecule has 0 spiro atoms. The maximum absolute atomic E-state index is 13.0. The van der Waals surface area contributed by atoms with E-state index >= 15 is 0 Å². The van der Waals surface area contributed by atoms with Crippen molar-refractivity contribution in [3.63, 3.8) is 0 Å². The van der Waals surface area contributed by atoms with E-state index in [4.69, 9.17) is 23.2 Å². The number of hydrogen-bond donors (Lipinski definition) is 1. The maximum atomic E-state index is 13.0. The second-order valence-electron chi connectivity index (χ2n) is 9.75. The fourth-order valence-electron chi connectivity index (χ4n) is 5.29. The van der Waals surface area contributed by atoms with Crippen LogP contribution in [-0.2, 0) is 4.79 Å². The van der Waals surface area contributed by atoms with Crippen molar-refractivity contribution in [2.24, 2.45) is 0 Å². The molecule has 1 aliphatic rings. The summed E-state index contributed by atoms with van der Waals surface area (Å²) in [5.41, 5.74) is 5.11. The number of para-hydroxylation sites is 1. The maximum Gasteiger partial charge on any atom is 0.229 e. The van der Waals surface area contributed by atoms with Crippen LogP contribution in [0.3, 0.4) is 0 Å². The number of nitrogens with zero attached hydrogens (tertiary/aromatic N) is 3. The van der Waals surface area contributed by atoms with Crippen molar-refractivity contribution in [2.75, 3.05) is 16.8 Å². The van der Waals surface area contributed by atoms with Gasteiger partial charge in [0.2, 0.25) is 5.91 Å². The molecule has 1 aliphatic heterocycles. The quantitative estimate of drug-likeness (QED) is 0.219. The van der Waals surface area contributed by atoms with Crippen molar-refractivity contribution in [3.8, 4) is 0 Å². The highest BCUT2D eigenvalue weighted by Gasteiger charge is 2.27. The number of halogens is 2. The van der Waals surface area contributed by atoms with E-state index in [1.165, 1.54) is 0 Å². The van der Waals surface area contributed by atoms with Crippen LogP contribution < -0.4 is 10.2 Å². The lowest BCUT2D eigenvalue weighted by atomic mass is 9.84. The van der Waals surface area contributed by atoms with Crippen molar-refractivity contribution in [1.82, 2.24) is 9.97 Å². The van der Waals surface area contributed by atoms with Crippen molar-refractivity contribution in [3.05, 3.63) is 130 Å². The predicted molar refractivity (Wildman–Crippen MR) is 159 cm³/mol. The molecule has 4 aromatic carbocycles. The fraction of sp³-hybridized carbons (Fsp3) is 0.156. The van der Waals surface area contributed by atoms with Crippen LogP contribution in [0.2, 0.25) is 10.0 Å². The molecule has 1 unspecified atom stereocenters. The Morgan fingerprint density at radius 2 is 1.44 bits per heavy atom. The zero-order valence-electron chi connectivity index (χ0n) is 21.1. The van der Waals surface area contributed by atoms with E-state index in [-0.39, 0.29) is 17.9 Å². The minimum atomic E-state index is -0.0346. The van der Waals surface area contributed by atoms with Crippen LogP contribution in [0.25, 0.3) is 10.9 Å². The highest BCUT2D eigenvalue weighted by Crippen LogP contribution is 2.36. The van der Waals surface area contributed by atoms with Crippen LogP contribution in [-0.4, -0.2) is 28.5 Å². The standard InChI is InChI=1S/C32H26Cl2N4O/c33-24-11-6-21(7-12-24)31(22-8-13-25(34)14-9-22)23-10-15-29-28(18-23)32(36-20-35-29)37-26-16-17-38(30(39)19-26)27-4-2-1-3-5-27/h1-15,18,20,26,31H,16-17,19H2,(H,35,36,37). The Labute approximate surface area is 237 Å². The first kappa shape index (κ1) is 25.4. The summed E-state index contributed by atoms with van der Waals surface area (Å²) in [5, 5.41) is 5.86. The first-order valence-electron chi connectivity index (χ1n) is 12.9. The first-order valence-corrected chi connectivity index (χ1v) is 13.7. The molecule has 5 nitrogen and oxygen atoms in total. The van der Waals surface area contributed by atoms with E-state index in [1.807, 2.05) is 65.6 Å². The average molecular weight is 553 g/mol. The molecule has 39 heavy (non-hydrogen) atoms. The molecule has 0 aliphatic carbocycles. The third-order valence-electron chi connectivity index (χ3n) is 7.23. The Hall–Kier alpha value is -3.93. The molecule has 1 saturated heterocycles. The second-order valence-corrected chi connectivity index (χ2v) is 10.6. The summed E-state index contributed by atoms with van der Waals surface area (Å²) in [5.74, 6) is 0.806. The van der Waals surface area contributed by atoms with Gasteiger partial charge < -0.3 is 10.2 Å². The number of fused-ring (bicyclic) bond motifs is 1. The number of anilines is 2. The third kappa shape index (κ3) is 5.47. The zero-order valence-corrected chi connectivity index (χ0v) is 22.6. The van der Waals surface area contributed by atoms with E-state index in [0.717, 1.165) is 45.5 Å². The highest BCUT2D eigenvalue weighted by molar-refractivity contribution is 6.30. The summed E-state index contributed by atoms with van der Waals surface area (Å²) in [6.07, 6.45) is 2.80. The van der Waals surface area contributed by atoms with Crippen LogP contribution in [0.15, 0.2) is 103 Å². The van der Waals surface area contributed by atoms with Crippen LogP contribution >= 0.6 is 23.2 Å². The van der Waals surface area contributed by atoms with Gasteiger partial charge in [-0.2, -0.15) is 0 Å². The van der Waals surface area contributed by atoms with Gasteiger partial charge in [-0.15, -0.1) is 0 Å². The molecule has 1 atom stereocenters. The Bertz CT molecular complexity index is 1560. The van der Waals surface area contributed by atoms with Crippen molar-refractivity contribution in [1.29, 1.82) is 0 Å². The molecule has 5 aromatic rings. The fourth-order valence-corrected chi connectivity index (χ4v) is 5.54. The van der Waals surface area contributed by atoms with Gasteiger partial charge in [-0.05, 0) is 71.6 Å². The summed E-state index contributed by atoms with van der Waals surface area (Å²) in [4.78, 5) is 24.0. The van der Waals surface area contributed by atoms with E-state index in [0.29, 0.717) is 23.0 Å².